The lowest BCUT2D eigenvalue weighted by atomic mass is 10.1. The van der Waals surface area contributed by atoms with E-state index in [1.165, 1.54) is 0 Å². The molecule has 6 nitrogen and oxygen atoms in total. The zero-order valence-electron chi connectivity index (χ0n) is 19.2. The Hall–Kier alpha value is -3.28. The van der Waals surface area contributed by atoms with Crippen LogP contribution >= 0.6 is 0 Å². The quantitative estimate of drug-likeness (QED) is 0.548. The predicted octanol–water partition coefficient (Wildman–Crippen LogP) is 5.52. The summed E-state index contributed by atoms with van der Waals surface area (Å²) in [6, 6.07) is 17.9. The fourth-order valence-electron chi connectivity index (χ4n) is 3.43. The van der Waals surface area contributed by atoms with Crippen LogP contribution in [-0.2, 0) is 13.6 Å². The van der Waals surface area contributed by atoms with Crippen molar-refractivity contribution in [2.45, 2.75) is 53.2 Å². The Morgan fingerprint density at radius 1 is 1.10 bits per heavy atom. The predicted molar refractivity (Wildman–Crippen MR) is 124 cm³/mol. The number of carbonyl (C=O) groups excluding carboxylic acids is 1. The highest BCUT2D eigenvalue weighted by atomic mass is 16.5. The average Bonchev–Trinajstić information content (AvgIpc) is 3.01. The fourth-order valence-corrected chi connectivity index (χ4v) is 3.43. The third-order valence-electron chi connectivity index (χ3n) is 4.96. The van der Waals surface area contributed by atoms with Gasteiger partial charge in [0.2, 0.25) is 5.88 Å². The van der Waals surface area contributed by atoms with Crippen molar-refractivity contribution >= 4 is 6.03 Å². The molecule has 31 heavy (non-hydrogen) atoms. The summed E-state index contributed by atoms with van der Waals surface area (Å²) in [6.07, 6.45) is 0. The van der Waals surface area contributed by atoms with Gasteiger partial charge in [-0.15, -0.1) is 0 Å². The molecular formula is C25H32N4O2. The Balaban J connectivity index is 2.07. The van der Waals surface area contributed by atoms with Gasteiger partial charge in [-0.05, 0) is 52.3 Å². The summed E-state index contributed by atoms with van der Waals surface area (Å²) in [6.45, 7) is 10.4. The average molecular weight is 421 g/mol. The lowest BCUT2D eigenvalue weighted by molar-refractivity contribution is 0.177. The Bertz CT molecular complexity index is 1030. The topological polar surface area (TPSA) is 59.4 Å². The van der Waals surface area contributed by atoms with Crippen LogP contribution in [0.5, 0.6) is 11.6 Å². The number of nitrogens with one attached hydrogen (secondary N) is 1. The molecule has 0 aliphatic heterocycles. The van der Waals surface area contributed by atoms with E-state index in [1.807, 2.05) is 101 Å². The van der Waals surface area contributed by atoms with E-state index in [-0.39, 0.29) is 18.1 Å². The molecule has 164 valence electrons. The molecule has 2 aromatic carbocycles. The first-order valence-electron chi connectivity index (χ1n) is 10.7. The van der Waals surface area contributed by atoms with Gasteiger partial charge in [-0.1, -0.05) is 42.5 Å². The normalized spacial score (nSPS) is 11.1. The molecule has 0 unspecified atom stereocenters. The molecule has 0 atom stereocenters. The van der Waals surface area contributed by atoms with Gasteiger partial charge in [-0.2, -0.15) is 5.10 Å². The van der Waals surface area contributed by atoms with Crippen molar-refractivity contribution in [1.29, 1.82) is 0 Å². The molecule has 1 aromatic heterocycles. The minimum absolute atomic E-state index is 0.00870. The number of hydrogen-bond donors (Lipinski definition) is 1. The molecule has 0 saturated carbocycles. The third-order valence-corrected chi connectivity index (χ3v) is 4.96. The Morgan fingerprint density at radius 2 is 1.81 bits per heavy atom. The number of rotatable bonds is 7. The number of nitrogens with zero attached hydrogens (tertiary/aromatic N) is 3. The SMILES string of the molecule is Cc1cccc(Oc2c(CN(C(=O)NC(C)C)C(C)C)c(-c3ccccc3)nn2C)c1. The third kappa shape index (κ3) is 5.45. The molecule has 0 aliphatic carbocycles. The van der Waals surface area contributed by atoms with Crippen molar-refractivity contribution < 1.29 is 9.53 Å². The number of aromatic nitrogens is 2. The maximum atomic E-state index is 12.9. The number of ether oxygens (including phenoxy) is 1. The Kier molecular flexibility index (Phi) is 7.00. The number of hydrogen-bond acceptors (Lipinski definition) is 3. The summed E-state index contributed by atoms with van der Waals surface area (Å²) in [5.41, 5.74) is 3.79. The summed E-state index contributed by atoms with van der Waals surface area (Å²) < 4.78 is 8.06. The molecule has 6 heteroatoms. The second-order valence-corrected chi connectivity index (χ2v) is 8.37. The molecule has 3 rings (SSSR count). The van der Waals surface area contributed by atoms with Crippen molar-refractivity contribution in [1.82, 2.24) is 20.0 Å². The van der Waals surface area contributed by atoms with Gasteiger partial charge in [0.25, 0.3) is 0 Å². The second-order valence-electron chi connectivity index (χ2n) is 8.37. The van der Waals surface area contributed by atoms with Crippen LogP contribution in [0.4, 0.5) is 4.79 Å². The van der Waals surface area contributed by atoms with Crippen molar-refractivity contribution in [2.75, 3.05) is 0 Å². The largest absolute Gasteiger partial charge is 0.439 e. The monoisotopic (exact) mass is 420 g/mol. The maximum absolute atomic E-state index is 12.9. The minimum atomic E-state index is -0.102. The van der Waals surface area contributed by atoms with Crippen LogP contribution in [0.15, 0.2) is 54.6 Å². The van der Waals surface area contributed by atoms with Crippen LogP contribution in [0.2, 0.25) is 0 Å². The van der Waals surface area contributed by atoms with E-state index in [4.69, 9.17) is 9.84 Å². The Morgan fingerprint density at radius 3 is 2.42 bits per heavy atom. The molecule has 2 amide bonds. The molecule has 0 spiro atoms. The van der Waals surface area contributed by atoms with E-state index < -0.39 is 0 Å². The lowest BCUT2D eigenvalue weighted by Gasteiger charge is -2.28. The van der Waals surface area contributed by atoms with E-state index in [2.05, 4.69) is 5.32 Å². The number of amides is 2. The zero-order valence-corrected chi connectivity index (χ0v) is 19.2. The Labute approximate surface area is 184 Å². The van der Waals surface area contributed by atoms with Crippen LogP contribution < -0.4 is 10.1 Å². The van der Waals surface area contributed by atoms with Gasteiger partial charge in [-0.3, -0.25) is 0 Å². The minimum Gasteiger partial charge on any atom is -0.439 e. The summed E-state index contributed by atoms with van der Waals surface area (Å²) >= 11 is 0. The van der Waals surface area contributed by atoms with Gasteiger partial charge in [0.1, 0.15) is 11.4 Å². The molecule has 0 aliphatic rings. The summed E-state index contributed by atoms with van der Waals surface area (Å²) in [4.78, 5) is 14.7. The molecule has 3 aromatic rings. The molecule has 0 radical (unpaired) electrons. The molecular weight excluding hydrogens is 388 g/mol. The second kappa shape index (κ2) is 9.69. The van der Waals surface area contributed by atoms with Crippen molar-refractivity contribution in [3.8, 4) is 22.9 Å². The van der Waals surface area contributed by atoms with Gasteiger partial charge >= 0.3 is 6.03 Å². The number of carbonyl (C=O) groups is 1. The first-order chi connectivity index (χ1) is 14.8. The smallest absolute Gasteiger partial charge is 0.318 e. The van der Waals surface area contributed by atoms with Crippen molar-refractivity contribution in [2.24, 2.45) is 7.05 Å². The molecule has 0 bridgehead atoms. The van der Waals surface area contributed by atoms with Crippen LogP contribution in [0.25, 0.3) is 11.3 Å². The summed E-state index contributed by atoms with van der Waals surface area (Å²) in [5.74, 6) is 1.37. The fraction of sp³-hybridized carbons (Fsp3) is 0.360. The number of urea groups is 1. The van der Waals surface area contributed by atoms with Crippen LogP contribution in [0.3, 0.4) is 0 Å². The van der Waals surface area contributed by atoms with Gasteiger partial charge in [0.15, 0.2) is 0 Å². The molecule has 1 heterocycles. The van der Waals surface area contributed by atoms with E-state index in [9.17, 15) is 4.79 Å². The van der Waals surface area contributed by atoms with Crippen LogP contribution in [-0.4, -0.2) is 32.8 Å². The highest BCUT2D eigenvalue weighted by Crippen LogP contribution is 2.34. The summed E-state index contributed by atoms with van der Waals surface area (Å²) in [5, 5.41) is 7.77. The highest BCUT2D eigenvalue weighted by molar-refractivity contribution is 5.75. The van der Waals surface area contributed by atoms with Gasteiger partial charge in [0, 0.05) is 24.7 Å². The standard InChI is InChI=1S/C25H32N4O2/c1-17(2)26-25(30)29(18(3)4)16-22-23(20-12-8-7-9-13-20)27-28(6)24(22)31-21-14-10-11-19(5)15-21/h7-15,17-18H,16H2,1-6H3,(H,26,30). The van der Waals surface area contributed by atoms with Gasteiger partial charge in [0.05, 0.1) is 12.1 Å². The van der Waals surface area contributed by atoms with Crippen molar-refractivity contribution in [3.05, 3.63) is 65.7 Å². The molecule has 0 fully saturated rings. The van der Waals surface area contributed by atoms with Gasteiger partial charge in [-0.25, -0.2) is 9.48 Å². The molecule has 1 N–H and O–H groups in total. The van der Waals surface area contributed by atoms with E-state index in [0.717, 1.165) is 28.1 Å². The number of aryl methyl sites for hydroxylation is 2. The van der Waals surface area contributed by atoms with Crippen LogP contribution in [0, 0.1) is 6.92 Å². The van der Waals surface area contributed by atoms with Crippen LogP contribution in [0.1, 0.15) is 38.8 Å². The first kappa shape index (κ1) is 22.4. The zero-order chi connectivity index (χ0) is 22.5. The van der Waals surface area contributed by atoms with E-state index >= 15 is 0 Å². The lowest BCUT2D eigenvalue weighted by Crippen LogP contribution is -2.45. The van der Waals surface area contributed by atoms with E-state index in [1.54, 1.807) is 4.68 Å². The molecule has 0 saturated heterocycles. The van der Waals surface area contributed by atoms with Crippen molar-refractivity contribution in [3.63, 3.8) is 0 Å². The maximum Gasteiger partial charge on any atom is 0.318 e. The summed E-state index contributed by atoms with van der Waals surface area (Å²) in [7, 11) is 1.87. The van der Waals surface area contributed by atoms with E-state index in [0.29, 0.717) is 12.4 Å². The van der Waals surface area contributed by atoms with Gasteiger partial charge < -0.3 is 15.0 Å². The highest BCUT2D eigenvalue weighted by Gasteiger charge is 2.26. The number of benzene rings is 2. The first-order valence-corrected chi connectivity index (χ1v) is 10.7.